The van der Waals surface area contributed by atoms with Crippen molar-refractivity contribution in [1.82, 2.24) is 0 Å². The molecule has 6 heteroatoms. The Labute approximate surface area is 150 Å². The van der Waals surface area contributed by atoms with Crippen LogP contribution in [0.4, 0.5) is 10.1 Å². The Hall–Kier alpha value is -2.53. The van der Waals surface area contributed by atoms with Crippen LogP contribution in [0.25, 0.3) is 6.08 Å². The smallest absolute Gasteiger partial charge is 0.248 e. The number of hydrogen-bond acceptors (Lipinski definition) is 3. The average molecular weight is 362 g/mol. The van der Waals surface area contributed by atoms with Crippen LogP contribution in [0.2, 0.25) is 5.02 Å². The zero-order valence-electron chi connectivity index (χ0n) is 13.6. The largest absolute Gasteiger partial charge is 0.489 e. The Morgan fingerprint density at radius 3 is 2.88 bits per heavy atom. The second-order valence-corrected chi connectivity index (χ2v) is 6.07. The maximum atomic E-state index is 13.3. The van der Waals surface area contributed by atoms with Crippen LogP contribution in [0.5, 0.6) is 11.5 Å². The van der Waals surface area contributed by atoms with E-state index in [1.807, 2.05) is 0 Å². The molecule has 4 nitrogen and oxygen atoms in total. The summed E-state index contributed by atoms with van der Waals surface area (Å²) in [4.78, 5) is 12.1. The highest BCUT2D eigenvalue weighted by atomic mass is 35.5. The standard InChI is InChI=1S/C19H17ClFNO3/c1-12-3-5-14(21)11-16(12)22-18(23)6-4-13-9-15(20)19-17(10-13)24-7-2-8-25-19/h3-6,9-11H,2,7-8H2,1H3,(H,22,23). The fourth-order valence-electron chi connectivity index (χ4n) is 2.42. The summed E-state index contributed by atoms with van der Waals surface area (Å²) < 4.78 is 24.5. The number of benzene rings is 2. The predicted octanol–water partition coefficient (Wildman–Crippen LogP) is 4.60. The van der Waals surface area contributed by atoms with Crippen molar-refractivity contribution >= 4 is 29.3 Å². The molecule has 1 N–H and O–H groups in total. The Morgan fingerprint density at radius 1 is 1.24 bits per heavy atom. The van der Waals surface area contributed by atoms with Gasteiger partial charge in [0.1, 0.15) is 5.82 Å². The number of amides is 1. The van der Waals surface area contributed by atoms with Gasteiger partial charge in [-0.1, -0.05) is 17.7 Å². The van der Waals surface area contributed by atoms with Gasteiger partial charge in [-0.25, -0.2) is 4.39 Å². The summed E-state index contributed by atoms with van der Waals surface area (Å²) in [7, 11) is 0. The molecule has 0 saturated heterocycles. The van der Waals surface area contributed by atoms with Gasteiger partial charge >= 0.3 is 0 Å². The lowest BCUT2D eigenvalue weighted by Crippen LogP contribution is -2.09. The van der Waals surface area contributed by atoms with E-state index in [-0.39, 0.29) is 5.91 Å². The topological polar surface area (TPSA) is 47.6 Å². The molecular weight excluding hydrogens is 345 g/mol. The highest BCUT2D eigenvalue weighted by Crippen LogP contribution is 2.38. The molecule has 0 spiro atoms. The lowest BCUT2D eigenvalue weighted by molar-refractivity contribution is -0.111. The first-order valence-corrected chi connectivity index (χ1v) is 8.25. The van der Waals surface area contributed by atoms with Gasteiger partial charge in [0.25, 0.3) is 0 Å². The average Bonchev–Trinajstić information content (AvgIpc) is 2.82. The summed E-state index contributed by atoms with van der Waals surface area (Å²) >= 11 is 6.22. The number of ether oxygens (including phenoxy) is 2. The van der Waals surface area contributed by atoms with Crippen molar-refractivity contribution in [2.45, 2.75) is 13.3 Å². The third kappa shape index (κ3) is 4.31. The molecule has 0 fully saturated rings. The Morgan fingerprint density at radius 2 is 2.04 bits per heavy atom. The van der Waals surface area contributed by atoms with Gasteiger partial charge in [0.2, 0.25) is 5.91 Å². The number of carbonyl (C=O) groups is 1. The third-order valence-electron chi connectivity index (χ3n) is 3.71. The molecule has 0 aliphatic carbocycles. The molecule has 3 rings (SSSR count). The molecule has 0 radical (unpaired) electrons. The number of aryl methyl sites for hydroxylation is 1. The molecule has 0 aromatic heterocycles. The van der Waals surface area contributed by atoms with Crippen molar-refractivity contribution in [2.24, 2.45) is 0 Å². The van der Waals surface area contributed by atoms with Crippen molar-refractivity contribution in [2.75, 3.05) is 18.5 Å². The summed E-state index contributed by atoms with van der Waals surface area (Å²) in [5, 5.41) is 3.08. The summed E-state index contributed by atoms with van der Waals surface area (Å²) in [5.41, 5.74) is 1.92. The predicted molar refractivity (Wildman–Crippen MR) is 95.9 cm³/mol. The molecule has 1 aliphatic heterocycles. The Bertz CT molecular complexity index is 836. The monoisotopic (exact) mass is 361 g/mol. The van der Waals surface area contributed by atoms with E-state index in [1.54, 1.807) is 31.2 Å². The number of halogens is 2. The first kappa shape index (κ1) is 17.3. The van der Waals surface area contributed by atoms with E-state index < -0.39 is 5.82 Å². The van der Waals surface area contributed by atoms with Gasteiger partial charge in [-0.15, -0.1) is 0 Å². The molecule has 130 valence electrons. The highest BCUT2D eigenvalue weighted by molar-refractivity contribution is 6.32. The van der Waals surface area contributed by atoms with Crippen molar-refractivity contribution in [3.8, 4) is 11.5 Å². The SMILES string of the molecule is Cc1ccc(F)cc1NC(=O)C=Cc1cc(Cl)c2c(c1)OCCCO2. The van der Waals surface area contributed by atoms with E-state index in [0.717, 1.165) is 12.0 Å². The molecule has 0 bridgehead atoms. The minimum Gasteiger partial charge on any atom is -0.489 e. The second kappa shape index (κ2) is 7.57. The van der Waals surface area contributed by atoms with E-state index in [4.69, 9.17) is 21.1 Å². The number of anilines is 1. The minimum absolute atomic E-state index is 0.364. The van der Waals surface area contributed by atoms with E-state index in [1.165, 1.54) is 18.2 Å². The molecule has 1 amide bonds. The van der Waals surface area contributed by atoms with Crippen LogP contribution in [-0.4, -0.2) is 19.1 Å². The van der Waals surface area contributed by atoms with Gasteiger partial charge < -0.3 is 14.8 Å². The van der Waals surface area contributed by atoms with Gasteiger partial charge in [-0.3, -0.25) is 4.79 Å². The zero-order valence-corrected chi connectivity index (χ0v) is 14.4. The van der Waals surface area contributed by atoms with E-state index >= 15 is 0 Å². The number of nitrogens with one attached hydrogen (secondary N) is 1. The Balaban J connectivity index is 1.75. The van der Waals surface area contributed by atoms with Crippen molar-refractivity contribution in [1.29, 1.82) is 0 Å². The van der Waals surface area contributed by atoms with Gasteiger partial charge in [-0.05, 0) is 48.4 Å². The maximum Gasteiger partial charge on any atom is 0.248 e. The van der Waals surface area contributed by atoms with Crippen LogP contribution < -0.4 is 14.8 Å². The fourth-order valence-corrected chi connectivity index (χ4v) is 2.70. The molecule has 0 saturated carbocycles. The van der Waals surface area contributed by atoms with Crippen molar-refractivity contribution < 1.29 is 18.7 Å². The summed E-state index contributed by atoms with van der Waals surface area (Å²) in [5.74, 6) is 0.318. The first-order chi connectivity index (χ1) is 12.0. The van der Waals surface area contributed by atoms with E-state index in [2.05, 4.69) is 5.32 Å². The first-order valence-electron chi connectivity index (χ1n) is 7.87. The molecule has 0 unspecified atom stereocenters. The summed E-state index contributed by atoms with van der Waals surface area (Å²) in [6.45, 7) is 2.90. The molecule has 1 aliphatic rings. The van der Waals surface area contributed by atoms with Gasteiger partial charge in [0, 0.05) is 18.2 Å². The van der Waals surface area contributed by atoms with Crippen LogP contribution >= 0.6 is 11.6 Å². The van der Waals surface area contributed by atoms with Crippen LogP contribution in [-0.2, 0) is 4.79 Å². The normalized spacial score (nSPS) is 13.6. The van der Waals surface area contributed by atoms with Crippen molar-refractivity contribution in [3.63, 3.8) is 0 Å². The van der Waals surface area contributed by atoms with Gasteiger partial charge in [-0.2, -0.15) is 0 Å². The number of rotatable bonds is 3. The van der Waals surface area contributed by atoms with Crippen LogP contribution in [0.1, 0.15) is 17.5 Å². The lowest BCUT2D eigenvalue weighted by atomic mass is 10.1. The number of fused-ring (bicyclic) bond motifs is 1. The number of hydrogen-bond donors (Lipinski definition) is 1. The molecule has 2 aromatic rings. The molecule has 2 aromatic carbocycles. The third-order valence-corrected chi connectivity index (χ3v) is 3.99. The van der Waals surface area contributed by atoms with Gasteiger partial charge in [0.15, 0.2) is 11.5 Å². The lowest BCUT2D eigenvalue weighted by Gasteiger charge is -2.10. The molecule has 0 atom stereocenters. The van der Waals surface area contributed by atoms with Gasteiger partial charge in [0.05, 0.1) is 18.2 Å². The number of carbonyl (C=O) groups excluding carboxylic acids is 1. The quantitative estimate of drug-likeness (QED) is 0.813. The molecule has 25 heavy (non-hydrogen) atoms. The molecule has 1 heterocycles. The zero-order chi connectivity index (χ0) is 17.8. The second-order valence-electron chi connectivity index (χ2n) is 5.66. The highest BCUT2D eigenvalue weighted by Gasteiger charge is 2.15. The van der Waals surface area contributed by atoms with Crippen molar-refractivity contribution in [3.05, 3.63) is 58.4 Å². The maximum absolute atomic E-state index is 13.3. The fraction of sp³-hybridized carbons (Fsp3) is 0.211. The Kier molecular flexibility index (Phi) is 5.24. The van der Waals surface area contributed by atoms with Crippen LogP contribution in [0.15, 0.2) is 36.4 Å². The summed E-state index contributed by atoms with van der Waals surface area (Å²) in [6, 6.07) is 7.71. The minimum atomic E-state index is -0.403. The van der Waals surface area contributed by atoms with E-state index in [0.29, 0.717) is 41.0 Å². The van der Waals surface area contributed by atoms with Crippen LogP contribution in [0, 0.1) is 12.7 Å². The van der Waals surface area contributed by atoms with E-state index in [9.17, 15) is 9.18 Å². The van der Waals surface area contributed by atoms with Crippen LogP contribution in [0.3, 0.4) is 0 Å². The summed E-state index contributed by atoms with van der Waals surface area (Å²) in [6.07, 6.45) is 3.76. The molecular formula is C19H17ClFNO3.